The summed E-state index contributed by atoms with van der Waals surface area (Å²) in [6.45, 7) is 0.713. The minimum atomic E-state index is -3.58. The topological polar surface area (TPSA) is 72.4 Å². The second-order valence-corrected chi connectivity index (χ2v) is 7.85. The monoisotopic (exact) mass is 355 g/mol. The summed E-state index contributed by atoms with van der Waals surface area (Å²) < 4.78 is 32.6. The van der Waals surface area contributed by atoms with E-state index in [4.69, 9.17) is 4.74 Å². The number of nitrogens with zero attached hydrogens (tertiary/aromatic N) is 3. The average Bonchev–Trinajstić information content (AvgIpc) is 2.65. The molecule has 1 aromatic carbocycles. The number of sulfonamides is 1. The van der Waals surface area contributed by atoms with Crippen LogP contribution in [0.15, 0.2) is 53.6 Å². The van der Waals surface area contributed by atoms with Gasteiger partial charge in [-0.05, 0) is 35.9 Å². The number of benzene rings is 1. The van der Waals surface area contributed by atoms with Gasteiger partial charge in [-0.3, -0.25) is 0 Å². The van der Waals surface area contributed by atoms with Gasteiger partial charge in [-0.25, -0.2) is 18.4 Å². The quantitative estimate of drug-likeness (QED) is 0.721. The van der Waals surface area contributed by atoms with Crippen molar-refractivity contribution in [1.82, 2.24) is 14.3 Å². The maximum Gasteiger partial charge on any atom is 0.243 e. The van der Waals surface area contributed by atoms with Crippen LogP contribution < -0.4 is 4.74 Å². The van der Waals surface area contributed by atoms with Crippen molar-refractivity contribution in [2.45, 2.75) is 17.9 Å². The highest BCUT2D eigenvalue weighted by molar-refractivity contribution is 7.89. The lowest BCUT2D eigenvalue weighted by Crippen LogP contribution is -2.36. The predicted molar refractivity (Wildman–Crippen MR) is 93.8 cm³/mol. The Bertz CT molecular complexity index is 1050. The van der Waals surface area contributed by atoms with Crippen LogP contribution >= 0.6 is 0 Å². The fourth-order valence-corrected chi connectivity index (χ4v) is 4.51. The van der Waals surface area contributed by atoms with Crippen LogP contribution in [0, 0.1) is 0 Å². The minimum absolute atomic E-state index is 0.241. The van der Waals surface area contributed by atoms with Crippen LogP contribution in [0.4, 0.5) is 0 Å². The van der Waals surface area contributed by atoms with E-state index < -0.39 is 10.0 Å². The van der Waals surface area contributed by atoms with Crippen molar-refractivity contribution in [2.75, 3.05) is 13.7 Å². The van der Waals surface area contributed by atoms with E-state index in [1.807, 2.05) is 18.2 Å². The SMILES string of the molecule is COc1cccc(S(=O)(=O)N2CCc3nc4ncccc4cc3C2)c1. The Morgan fingerprint density at radius 3 is 2.88 bits per heavy atom. The summed E-state index contributed by atoms with van der Waals surface area (Å²) in [5.41, 5.74) is 2.55. The second-order valence-electron chi connectivity index (χ2n) is 5.91. The zero-order valence-electron chi connectivity index (χ0n) is 13.7. The fraction of sp³-hybridized carbons (Fsp3) is 0.222. The molecule has 0 N–H and O–H groups in total. The second kappa shape index (κ2) is 6.09. The highest BCUT2D eigenvalue weighted by Crippen LogP contribution is 2.27. The largest absolute Gasteiger partial charge is 0.497 e. The standard InChI is InChI=1S/C18H17N3O3S/c1-24-15-5-2-6-16(11-15)25(22,23)21-9-7-17-14(12-21)10-13-4-3-8-19-18(13)20-17/h2-6,8,10-11H,7,9,12H2,1H3. The number of rotatable bonds is 3. The Kier molecular flexibility index (Phi) is 3.89. The molecule has 1 aliphatic heterocycles. The first kappa shape index (κ1) is 16.0. The summed E-state index contributed by atoms with van der Waals surface area (Å²) in [5.74, 6) is 0.525. The Labute approximate surface area is 146 Å². The van der Waals surface area contributed by atoms with Gasteiger partial charge in [0.2, 0.25) is 10.0 Å². The third-order valence-electron chi connectivity index (χ3n) is 4.38. The minimum Gasteiger partial charge on any atom is -0.497 e. The van der Waals surface area contributed by atoms with E-state index in [1.165, 1.54) is 11.4 Å². The molecule has 0 unspecified atom stereocenters. The van der Waals surface area contributed by atoms with E-state index in [1.54, 1.807) is 30.5 Å². The third-order valence-corrected chi connectivity index (χ3v) is 6.22. The number of methoxy groups -OCH3 is 1. The summed E-state index contributed by atoms with van der Waals surface area (Å²) in [6, 6.07) is 12.3. The van der Waals surface area contributed by atoms with Crippen LogP contribution in [0.2, 0.25) is 0 Å². The molecule has 7 heteroatoms. The van der Waals surface area contributed by atoms with Gasteiger partial charge in [0.15, 0.2) is 5.65 Å². The Morgan fingerprint density at radius 1 is 1.16 bits per heavy atom. The first-order chi connectivity index (χ1) is 12.1. The van der Waals surface area contributed by atoms with Crippen LogP contribution in [-0.4, -0.2) is 36.3 Å². The highest BCUT2D eigenvalue weighted by atomic mass is 32.2. The maximum absolute atomic E-state index is 13.0. The molecular weight excluding hydrogens is 338 g/mol. The number of fused-ring (bicyclic) bond motifs is 2. The lowest BCUT2D eigenvalue weighted by molar-refractivity contribution is 0.387. The van der Waals surface area contributed by atoms with Gasteiger partial charge in [0.1, 0.15) is 5.75 Å². The molecule has 0 radical (unpaired) electrons. The van der Waals surface area contributed by atoms with E-state index in [0.29, 0.717) is 30.9 Å². The molecule has 0 saturated carbocycles. The lowest BCUT2D eigenvalue weighted by atomic mass is 10.1. The van der Waals surface area contributed by atoms with Crippen molar-refractivity contribution in [1.29, 1.82) is 0 Å². The van der Waals surface area contributed by atoms with E-state index in [0.717, 1.165) is 16.6 Å². The van der Waals surface area contributed by atoms with Gasteiger partial charge in [0.05, 0.1) is 12.0 Å². The number of hydrogen-bond acceptors (Lipinski definition) is 5. The molecule has 128 valence electrons. The molecule has 1 aliphatic rings. The lowest BCUT2D eigenvalue weighted by Gasteiger charge is -2.27. The predicted octanol–water partition coefficient (Wildman–Crippen LogP) is 2.39. The van der Waals surface area contributed by atoms with Crippen molar-refractivity contribution < 1.29 is 13.2 Å². The van der Waals surface area contributed by atoms with E-state index in [-0.39, 0.29) is 4.90 Å². The van der Waals surface area contributed by atoms with Gasteiger partial charge < -0.3 is 4.74 Å². The van der Waals surface area contributed by atoms with E-state index in [9.17, 15) is 8.42 Å². The van der Waals surface area contributed by atoms with Gasteiger partial charge >= 0.3 is 0 Å². The Balaban J connectivity index is 1.70. The first-order valence-electron chi connectivity index (χ1n) is 7.96. The van der Waals surface area contributed by atoms with Gasteiger partial charge in [-0.15, -0.1) is 0 Å². The van der Waals surface area contributed by atoms with Crippen molar-refractivity contribution in [3.63, 3.8) is 0 Å². The van der Waals surface area contributed by atoms with Crippen LogP contribution in [-0.2, 0) is 23.0 Å². The smallest absolute Gasteiger partial charge is 0.243 e. The Hall–Kier alpha value is -2.51. The molecule has 4 rings (SSSR count). The molecule has 6 nitrogen and oxygen atoms in total. The Morgan fingerprint density at radius 2 is 2.04 bits per heavy atom. The molecule has 0 spiro atoms. The average molecular weight is 355 g/mol. The third kappa shape index (κ3) is 2.85. The summed E-state index contributed by atoms with van der Waals surface area (Å²) in [5, 5.41) is 0.918. The van der Waals surface area contributed by atoms with Crippen LogP contribution in [0.5, 0.6) is 5.75 Å². The van der Waals surface area contributed by atoms with Crippen molar-refractivity contribution in [3.05, 3.63) is 59.9 Å². The van der Waals surface area contributed by atoms with Crippen LogP contribution in [0.1, 0.15) is 11.3 Å². The number of hydrogen-bond donors (Lipinski definition) is 0. The molecule has 2 aromatic heterocycles. The molecule has 3 heterocycles. The molecule has 0 saturated heterocycles. The zero-order valence-corrected chi connectivity index (χ0v) is 14.5. The van der Waals surface area contributed by atoms with E-state index >= 15 is 0 Å². The molecular formula is C18H17N3O3S. The maximum atomic E-state index is 13.0. The molecule has 0 fully saturated rings. The highest BCUT2D eigenvalue weighted by Gasteiger charge is 2.29. The molecule has 25 heavy (non-hydrogen) atoms. The van der Waals surface area contributed by atoms with E-state index in [2.05, 4.69) is 9.97 Å². The van der Waals surface area contributed by atoms with Gasteiger partial charge in [0.25, 0.3) is 0 Å². The molecule has 0 bridgehead atoms. The number of pyridine rings is 2. The summed E-state index contributed by atoms with van der Waals surface area (Å²) in [7, 11) is -2.06. The normalized spacial score (nSPS) is 15.1. The molecule has 0 amide bonds. The fourth-order valence-electron chi connectivity index (χ4n) is 3.06. The van der Waals surface area contributed by atoms with Gasteiger partial charge in [-0.1, -0.05) is 6.07 Å². The van der Waals surface area contributed by atoms with Crippen molar-refractivity contribution >= 4 is 21.1 Å². The molecule has 0 aliphatic carbocycles. The van der Waals surface area contributed by atoms with Gasteiger partial charge in [0, 0.05) is 42.9 Å². The summed E-state index contributed by atoms with van der Waals surface area (Å²) >= 11 is 0. The molecule has 3 aromatic rings. The van der Waals surface area contributed by atoms with Crippen LogP contribution in [0.3, 0.4) is 0 Å². The first-order valence-corrected chi connectivity index (χ1v) is 9.40. The zero-order chi connectivity index (χ0) is 17.4. The molecule has 0 atom stereocenters. The number of aromatic nitrogens is 2. The van der Waals surface area contributed by atoms with Crippen LogP contribution in [0.25, 0.3) is 11.0 Å². The van der Waals surface area contributed by atoms with Gasteiger partial charge in [-0.2, -0.15) is 4.31 Å². The summed E-state index contributed by atoms with van der Waals surface area (Å²) in [6.07, 6.45) is 2.29. The van der Waals surface area contributed by atoms with Crippen molar-refractivity contribution in [2.24, 2.45) is 0 Å². The number of ether oxygens (including phenoxy) is 1. The van der Waals surface area contributed by atoms with Crippen molar-refractivity contribution in [3.8, 4) is 5.75 Å². The summed E-state index contributed by atoms with van der Waals surface area (Å²) in [4.78, 5) is 9.09.